The van der Waals surface area contributed by atoms with Gasteiger partial charge in [-0.1, -0.05) is 55.5 Å². The maximum Gasteiger partial charge on any atom is 0.0460 e. The van der Waals surface area contributed by atoms with Gasteiger partial charge in [0.25, 0.3) is 0 Å². The monoisotopic (exact) mass is 261 g/mol. The molecule has 0 aliphatic heterocycles. The number of hydrogen-bond donors (Lipinski definition) is 1. The molecule has 1 aromatic heterocycles. The van der Waals surface area contributed by atoms with Crippen molar-refractivity contribution < 1.29 is 0 Å². The Labute approximate surface area is 120 Å². The van der Waals surface area contributed by atoms with Crippen molar-refractivity contribution in [3.63, 3.8) is 0 Å². The van der Waals surface area contributed by atoms with Gasteiger partial charge < -0.3 is 4.98 Å². The Morgan fingerprint density at radius 3 is 2.60 bits per heavy atom. The molecule has 1 atom stereocenters. The Morgan fingerprint density at radius 2 is 1.85 bits per heavy atom. The molecule has 1 nitrogen and oxygen atoms in total. The topological polar surface area (TPSA) is 15.8 Å². The molecule has 20 heavy (non-hydrogen) atoms. The molecule has 0 bridgehead atoms. The molecule has 0 spiro atoms. The van der Waals surface area contributed by atoms with Crippen molar-refractivity contribution in [1.29, 1.82) is 0 Å². The summed E-state index contributed by atoms with van der Waals surface area (Å²) in [5, 5.41) is 1.26. The van der Waals surface area contributed by atoms with Crippen molar-refractivity contribution in [3.05, 3.63) is 78.0 Å². The molecule has 1 N–H and O–H groups in total. The molecular formula is C19H19N. The summed E-state index contributed by atoms with van der Waals surface area (Å²) in [6.45, 7) is 8.67. The fourth-order valence-corrected chi connectivity index (χ4v) is 2.68. The van der Waals surface area contributed by atoms with Crippen molar-refractivity contribution in [3.8, 4) is 0 Å². The molecule has 1 unspecified atom stereocenters. The summed E-state index contributed by atoms with van der Waals surface area (Å²) in [5.74, 6) is 0.315. The van der Waals surface area contributed by atoms with Crippen LogP contribution in [0.5, 0.6) is 0 Å². The number of H-pyrrole nitrogens is 1. The van der Waals surface area contributed by atoms with Crippen molar-refractivity contribution in [2.45, 2.75) is 19.8 Å². The first-order chi connectivity index (χ1) is 9.66. The van der Waals surface area contributed by atoms with E-state index in [9.17, 15) is 0 Å². The minimum atomic E-state index is 0.315. The third-order valence-electron chi connectivity index (χ3n) is 4.01. The molecule has 0 aliphatic rings. The van der Waals surface area contributed by atoms with E-state index in [1.54, 1.807) is 0 Å². The lowest BCUT2D eigenvalue weighted by molar-refractivity contribution is 0.994. The molecular weight excluding hydrogens is 242 g/mol. The third-order valence-corrected chi connectivity index (χ3v) is 4.01. The summed E-state index contributed by atoms with van der Waals surface area (Å²) in [5.41, 5.74) is 6.14. The largest absolute Gasteiger partial charge is 0.361 e. The molecule has 0 radical (unpaired) electrons. The van der Waals surface area contributed by atoms with E-state index in [4.69, 9.17) is 0 Å². The summed E-state index contributed by atoms with van der Waals surface area (Å²) in [4.78, 5) is 3.34. The number of allylic oxidation sites excluding steroid dienone is 1. The lowest BCUT2D eigenvalue weighted by Gasteiger charge is -2.15. The van der Waals surface area contributed by atoms with Gasteiger partial charge in [0.15, 0.2) is 0 Å². The van der Waals surface area contributed by atoms with Crippen molar-refractivity contribution >= 4 is 16.5 Å². The van der Waals surface area contributed by atoms with Gasteiger partial charge in [0.05, 0.1) is 0 Å². The SMILES string of the molecule is C=C(c1c[nH]c2ccc(C)cc12)C(C)c1ccccc1. The fourth-order valence-electron chi connectivity index (χ4n) is 2.68. The molecule has 1 heterocycles. The average Bonchev–Trinajstić information content (AvgIpc) is 2.89. The van der Waals surface area contributed by atoms with Crippen molar-refractivity contribution in [1.82, 2.24) is 4.98 Å². The zero-order valence-electron chi connectivity index (χ0n) is 12.0. The van der Waals surface area contributed by atoms with Gasteiger partial charge in [0.2, 0.25) is 0 Å². The van der Waals surface area contributed by atoms with E-state index in [-0.39, 0.29) is 0 Å². The number of rotatable bonds is 3. The number of benzene rings is 2. The lowest BCUT2D eigenvalue weighted by Crippen LogP contribution is -1.95. The second-order valence-electron chi connectivity index (χ2n) is 5.41. The number of nitrogens with one attached hydrogen (secondary N) is 1. The lowest BCUT2D eigenvalue weighted by atomic mass is 9.89. The summed E-state index contributed by atoms with van der Waals surface area (Å²) < 4.78 is 0. The van der Waals surface area contributed by atoms with E-state index in [0.29, 0.717) is 5.92 Å². The van der Waals surface area contributed by atoms with Crippen molar-refractivity contribution in [2.75, 3.05) is 0 Å². The molecule has 0 fully saturated rings. The third kappa shape index (κ3) is 2.16. The van der Waals surface area contributed by atoms with Crippen LogP contribution in [0, 0.1) is 6.92 Å². The second kappa shape index (κ2) is 5.01. The predicted molar refractivity (Wildman–Crippen MR) is 86.9 cm³/mol. The molecule has 2 aromatic carbocycles. The predicted octanol–water partition coefficient (Wildman–Crippen LogP) is 5.29. The number of aromatic nitrogens is 1. The quantitative estimate of drug-likeness (QED) is 0.659. The highest BCUT2D eigenvalue weighted by Gasteiger charge is 2.14. The van der Waals surface area contributed by atoms with Crippen LogP contribution in [-0.4, -0.2) is 4.98 Å². The van der Waals surface area contributed by atoms with E-state index in [1.807, 2.05) is 6.07 Å². The zero-order chi connectivity index (χ0) is 14.1. The molecule has 3 rings (SSSR count). The van der Waals surface area contributed by atoms with Gasteiger partial charge in [-0.2, -0.15) is 0 Å². The van der Waals surface area contributed by atoms with Gasteiger partial charge in [-0.05, 0) is 30.2 Å². The summed E-state index contributed by atoms with van der Waals surface area (Å²) >= 11 is 0. The standard InChI is InChI=1S/C19H19N/c1-13-9-10-19-17(11-13)18(12-20-19)15(3)14(2)16-7-5-4-6-8-16/h4-12,14,20H,3H2,1-2H3. The number of fused-ring (bicyclic) bond motifs is 1. The van der Waals surface area contributed by atoms with Crippen LogP contribution in [0.1, 0.15) is 29.5 Å². The van der Waals surface area contributed by atoms with Crippen LogP contribution in [0.15, 0.2) is 61.3 Å². The van der Waals surface area contributed by atoms with E-state index in [0.717, 1.165) is 5.57 Å². The first-order valence-corrected chi connectivity index (χ1v) is 6.98. The Balaban J connectivity index is 2.03. The first kappa shape index (κ1) is 12.7. The Kier molecular flexibility index (Phi) is 3.19. The fraction of sp³-hybridized carbons (Fsp3) is 0.158. The Hall–Kier alpha value is -2.28. The highest BCUT2D eigenvalue weighted by molar-refractivity contribution is 5.93. The van der Waals surface area contributed by atoms with Gasteiger partial charge in [-0.15, -0.1) is 0 Å². The van der Waals surface area contributed by atoms with Crippen LogP contribution in [0.25, 0.3) is 16.5 Å². The molecule has 100 valence electrons. The molecule has 0 aliphatic carbocycles. The number of aryl methyl sites for hydroxylation is 1. The molecule has 1 heteroatoms. The minimum Gasteiger partial charge on any atom is -0.361 e. The Bertz CT molecular complexity index is 750. The first-order valence-electron chi connectivity index (χ1n) is 6.98. The minimum absolute atomic E-state index is 0.315. The average molecular weight is 261 g/mol. The van der Waals surface area contributed by atoms with E-state index in [1.165, 1.54) is 27.6 Å². The van der Waals surface area contributed by atoms with Gasteiger partial charge in [0.1, 0.15) is 0 Å². The van der Waals surface area contributed by atoms with Crippen molar-refractivity contribution in [2.24, 2.45) is 0 Å². The normalized spacial score (nSPS) is 12.5. The van der Waals surface area contributed by atoms with Crippen LogP contribution in [-0.2, 0) is 0 Å². The van der Waals surface area contributed by atoms with E-state index in [2.05, 4.69) is 74.1 Å². The molecule has 3 aromatic rings. The maximum atomic E-state index is 4.33. The number of hydrogen-bond acceptors (Lipinski definition) is 0. The maximum absolute atomic E-state index is 4.33. The summed E-state index contributed by atoms with van der Waals surface area (Å²) in [6.07, 6.45) is 2.08. The van der Waals surface area contributed by atoms with Crippen LogP contribution in [0.4, 0.5) is 0 Å². The smallest absolute Gasteiger partial charge is 0.0460 e. The van der Waals surface area contributed by atoms with Crippen LogP contribution >= 0.6 is 0 Å². The molecule has 0 amide bonds. The Morgan fingerprint density at radius 1 is 1.10 bits per heavy atom. The van der Waals surface area contributed by atoms with E-state index < -0.39 is 0 Å². The second-order valence-corrected chi connectivity index (χ2v) is 5.41. The van der Waals surface area contributed by atoms with Gasteiger partial charge in [-0.3, -0.25) is 0 Å². The van der Waals surface area contributed by atoms with Gasteiger partial charge in [0, 0.05) is 28.6 Å². The molecule has 0 saturated carbocycles. The van der Waals surface area contributed by atoms with Crippen LogP contribution in [0.3, 0.4) is 0 Å². The van der Waals surface area contributed by atoms with Gasteiger partial charge in [-0.25, -0.2) is 0 Å². The van der Waals surface area contributed by atoms with Crippen LogP contribution in [0.2, 0.25) is 0 Å². The molecule has 0 saturated heterocycles. The highest BCUT2D eigenvalue weighted by Crippen LogP contribution is 2.34. The highest BCUT2D eigenvalue weighted by atomic mass is 14.7. The van der Waals surface area contributed by atoms with Gasteiger partial charge >= 0.3 is 0 Å². The summed E-state index contributed by atoms with van der Waals surface area (Å²) in [7, 11) is 0. The summed E-state index contributed by atoms with van der Waals surface area (Å²) in [6, 6.07) is 17.0. The van der Waals surface area contributed by atoms with E-state index >= 15 is 0 Å². The van der Waals surface area contributed by atoms with Crippen LogP contribution < -0.4 is 0 Å². The zero-order valence-corrected chi connectivity index (χ0v) is 12.0. The number of aromatic amines is 1.